The summed E-state index contributed by atoms with van der Waals surface area (Å²) in [7, 11) is 0. The van der Waals surface area contributed by atoms with Gasteiger partial charge in [-0.15, -0.1) is 11.8 Å². The van der Waals surface area contributed by atoms with Gasteiger partial charge in [-0.3, -0.25) is 43.2 Å². The van der Waals surface area contributed by atoms with Gasteiger partial charge in [-0.2, -0.15) is 0 Å². The summed E-state index contributed by atoms with van der Waals surface area (Å²) in [6.45, 7) is 5.84. The van der Waals surface area contributed by atoms with Crippen LogP contribution in [0.4, 0.5) is 5.69 Å². The average molecular weight is 841 g/mol. The highest BCUT2D eigenvalue weighted by molar-refractivity contribution is 7.99. The van der Waals surface area contributed by atoms with Crippen LogP contribution in [0.25, 0.3) is 0 Å². The highest BCUT2D eigenvalue weighted by Crippen LogP contribution is 2.27. The highest BCUT2D eigenvalue weighted by Gasteiger charge is 2.35. The Morgan fingerprint density at radius 1 is 0.831 bits per heavy atom. The zero-order valence-corrected chi connectivity index (χ0v) is 33.6. The number of primary amides is 2. The lowest BCUT2D eigenvalue weighted by atomic mass is 9.96. The number of hydrogen-bond acceptors (Lipinski definition) is 12. The third-order valence-electron chi connectivity index (χ3n) is 8.96. The van der Waals surface area contributed by atoms with Gasteiger partial charge in [0.25, 0.3) is 5.91 Å². The summed E-state index contributed by atoms with van der Waals surface area (Å²) in [5.74, 6) is -10.0. The van der Waals surface area contributed by atoms with Crippen molar-refractivity contribution in [3.05, 3.63) is 53.6 Å². The fraction of sp³-hybridized carbons (Fsp3) is 0.421. The topological polar surface area (TPSA) is 324 Å². The average Bonchev–Trinajstić information content (AvgIpc) is 3.15. The molecule has 0 bridgehead atoms. The van der Waals surface area contributed by atoms with Crippen molar-refractivity contribution in [1.82, 2.24) is 26.6 Å². The van der Waals surface area contributed by atoms with E-state index in [9.17, 15) is 53.1 Å². The minimum absolute atomic E-state index is 0.106. The Morgan fingerprint density at radius 2 is 1.46 bits per heavy atom. The molecule has 0 spiro atoms. The summed E-state index contributed by atoms with van der Waals surface area (Å²) in [4.78, 5) is 129. The van der Waals surface area contributed by atoms with Crippen molar-refractivity contribution < 1.29 is 57.8 Å². The van der Waals surface area contributed by atoms with E-state index in [4.69, 9.17) is 16.2 Å². The molecule has 20 nitrogen and oxygen atoms in total. The summed E-state index contributed by atoms with van der Waals surface area (Å²) in [6, 6.07) is 2.50. The number of fused-ring (bicyclic) bond motifs is 1. The van der Waals surface area contributed by atoms with Crippen molar-refractivity contribution in [1.29, 1.82) is 0 Å². The predicted molar refractivity (Wildman–Crippen MR) is 211 cm³/mol. The molecule has 59 heavy (non-hydrogen) atoms. The van der Waals surface area contributed by atoms with Crippen LogP contribution < -0.4 is 48.1 Å². The van der Waals surface area contributed by atoms with Crippen LogP contribution in [0.1, 0.15) is 69.3 Å². The zero-order valence-electron chi connectivity index (χ0n) is 32.7. The summed E-state index contributed by atoms with van der Waals surface area (Å²) in [6.07, 6.45) is -1.43. The molecule has 0 aromatic heterocycles. The first-order valence-corrected chi connectivity index (χ1v) is 19.4. The van der Waals surface area contributed by atoms with Gasteiger partial charge < -0.3 is 53.2 Å². The molecule has 1 heterocycles. The van der Waals surface area contributed by atoms with E-state index in [1.807, 2.05) is 0 Å². The molecule has 8 amide bonds. The molecule has 1 aliphatic rings. The minimum Gasteiger partial charge on any atom is -0.480 e. The number of amides is 8. The number of carboxylic acids is 1. The number of nitrogens with one attached hydrogen (secondary N) is 6. The molecule has 0 radical (unpaired) electrons. The number of thioether (sulfide) groups is 1. The second-order valence-electron chi connectivity index (χ2n) is 13.7. The Balaban J connectivity index is 2.21. The van der Waals surface area contributed by atoms with Gasteiger partial charge in [-0.05, 0) is 48.2 Å². The molecule has 0 saturated carbocycles. The normalized spacial score (nSPS) is 21.2. The van der Waals surface area contributed by atoms with Crippen molar-refractivity contribution in [3.63, 3.8) is 0 Å². The van der Waals surface area contributed by atoms with Crippen LogP contribution >= 0.6 is 11.8 Å². The second kappa shape index (κ2) is 21.9. The van der Waals surface area contributed by atoms with E-state index in [1.165, 1.54) is 44.2 Å². The second-order valence-corrected chi connectivity index (χ2v) is 14.8. The number of carboxylic acid groups (broad SMARTS) is 1. The van der Waals surface area contributed by atoms with Crippen molar-refractivity contribution in [3.8, 4) is 5.75 Å². The van der Waals surface area contributed by atoms with E-state index in [2.05, 4.69) is 31.9 Å². The third kappa shape index (κ3) is 14.7. The quantitative estimate of drug-likeness (QED) is 0.0938. The molecular formula is C38H48N8O12S. The summed E-state index contributed by atoms with van der Waals surface area (Å²) in [5.41, 5.74) is 11.2. The number of carbonyl (C=O) groups is 10. The molecule has 6 atom stereocenters. The number of aliphatic carboxylic acids is 1. The first kappa shape index (κ1) is 46.9. The van der Waals surface area contributed by atoms with Gasteiger partial charge in [-0.25, -0.2) is 4.79 Å². The van der Waals surface area contributed by atoms with Gasteiger partial charge >= 0.3 is 11.9 Å². The Hall–Kier alpha value is -6.51. The molecule has 3 rings (SSSR count). The number of benzene rings is 2. The number of carbonyl (C=O) groups excluding carboxylic acids is 9. The molecule has 2 aromatic carbocycles. The van der Waals surface area contributed by atoms with Crippen LogP contribution in [0.2, 0.25) is 0 Å². The van der Waals surface area contributed by atoms with Crippen LogP contribution in [0.15, 0.2) is 47.4 Å². The maximum Gasteiger partial charge on any atom is 0.327 e. The lowest BCUT2D eigenvalue weighted by molar-refractivity contribution is -0.141. The SMILES string of the molecule is CC[C@H](C)[C@@H]1NC(=O)[C@H](Cc2ccc(OC(C)=O)cc2)NC(=O)c2cc(NC(C)=O)ccc2SCC(C(=O)O)NC(=O)[C@H](CC(N)=O)NC(=O)C(CCC(N)=O)NC1=O. The fourth-order valence-electron chi connectivity index (χ4n) is 5.73. The van der Waals surface area contributed by atoms with Crippen LogP contribution in [-0.4, -0.2) is 100 Å². The monoisotopic (exact) mass is 840 g/mol. The van der Waals surface area contributed by atoms with E-state index >= 15 is 0 Å². The molecule has 0 fully saturated rings. The van der Waals surface area contributed by atoms with Gasteiger partial charge in [-0.1, -0.05) is 32.4 Å². The molecule has 21 heteroatoms. The maximum atomic E-state index is 14.2. The lowest BCUT2D eigenvalue weighted by Gasteiger charge is -2.29. The first-order chi connectivity index (χ1) is 27.8. The van der Waals surface area contributed by atoms with Crippen molar-refractivity contribution >= 4 is 76.6 Å². The number of ether oxygens (including phenoxy) is 1. The molecule has 2 unspecified atom stereocenters. The summed E-state index contributed by atoms with van der Waals surface area (Å²) >= 11 is 0.820. The van der Waals surface area contributed by atoms with E-state index in [-0.39, 0.29) is 34.7 Å². The fourth-order valence-corrected chi connectivity index (χ4v) is 6.77. The molecule has 11 N–H and O–H groups in total. The lowest BCUT2D eigenvalue weighted by Crippen LogP contribution is -2.60. The predicted octanol–water partition coefficient (Wildman–Crippen LogP) is -0.772. The molecule has 318 valence electrons. The van der Waals surface area contributed by atoms with Crippen LogP contribution in [-0.2, 0) is 49.6 Å². The highest BCUT2D eigenvalue weighted by atomic mass is 32.2. The number of rotatable bonds is 12. The first-order valence-electron chi connectivity index (χ1n) is 18.4. The van der Waals surface area contributed by atoms with Gasteiger partial charge in [0.15, 0.2) is 0 Å². The number of hydrogen-bond donors (Lipinski definition) is 9. The Labute approximate surface area is 343 Å². The van der Waals surface area contributed by atoms with Crippen molar-refractivity contribution in [2.45, 2.75) is 94.9 Å². The van der Waals surface area contributed by atoms with Gasteiger partial charge in [0.2, 0.25) is 41.4 Å². The molecule has 0 saturated heterocycles. The number of nitrogens with two attached hydrogens (primary N) is 2. The van der Waals surface area contributed by atoms with Gasteiger partial charge in [0.05, 0.1) is 12.0 Å². The van der Waals surface area contributed by atoms with E-state index in [0.29, 0.717) is 12.0 Å². The molecule has 1 aliphatic heterocycles. The smallest absolute Gasteiger partial charge is 0.327 e. The van der Waals surface area contributed by atoms with Gasteiger partial charge in [0.1, 0.15) is 36.0 Å². The largest absolute Gasteiger partial charge is 0.480 e. The maximum absolute atomic E-state index is 14.2. The third-order valence-corrected chi connectivity index (χ3v) is 10.1. The summed E-state index contributed by atoms with van der Waals surface area (Å²) < 4.78 is 5.10. The Morgan fingerprint density at radius 3 is 2.03 bits per heavy atom. The Kier molecular flexibility index (Phi) is 17.4. The van der Waals surface area contributed by atoms with Crippen molar-refractivity contribution in [2.24, 2.45) is 17.4 Å². The van der Waals surface area contributed by atoms with Crippen molar-refractivity contribution in [2.75, 3.05) is 11.1 Å². The molecular weight excluding hydrogens is 793 g/mol. The van der Waals surface area contributed by atoms with Crippen LogP contribution in [0.5, 0.6) is 5.75 Å². The van der Waals surface area contributed by atoms with Gasteiger partial charge in [0, 0.05) is 43.0 Å². The summed E-state index contributed by atoms with van der Waals surface area (Å²) in [5, 5.41) is 25.0. The molecule has 2 aromatic rings. The number of anilines is 1. The van der Waals surface area contributed by atoms with Crippen LogP contribution in [0, 0.1) is 5.92 Å². The van der Waals surface area contributed by atoms with E-state index < -0.39 is 114 Å². The van der Waals surface area contributed by atoms with Crippen LogP contribution in [0.3, 0.4) is 0 Å². The van der Waals surface area contributed by atoms with E-state index in [1.54, 1.807) is 26.0 Å². The minimum atomic E-state index is -1.74. The zero-order chi connectivity index (χ0) is 44.0. The van der Waals surface area contributed by atoms with E-state index in [0.717, 1.165) is 11.8 Å². The number of esters is 1. The standard InChI is InChI=1S/C38H48N8O12S/c1-5-18(2)32-37(55)42-25(11-13-30(39)49)34(52)44-27(16-31(40)50)35(53)45-28(38(56)57)17-59-29-12-8-22(41-19(3)47)15-24(29)33(51)43-26(36(54)46-32)14-21-6-9-23(10-7-21)58-20(4)48/h6-10,12,15,18,25-28,32H,5,11,13-14,16-17H2,1-4H3,(H2,39,49)(H2,40,50)(H,41,47)(H,42,55)(H,43,51)(H,44,52)(H,45,53)(H,46,54)(H,56,57)/t18-,25?,26-,27-,28?,32-/m0/s1. The Bertz CT molecular complexity index is 1960. The molecule has 0 aliphatic carbocycles.